The van der Waals surface area contributed by atoms with Crippen LogP contribution in [-0.2, 0) is 25.5 Å². The quantitative estimate of drug-likeness (QED) is 0.0866. The van der Waals surface area contributed by atoms with Crippen LogP contribution in [0.25, 0.3) is 44.6 Å². The Morgan fingerprint density at radius 2 is 1.47 bits per heavy atom. The van der Waals surface area contributed by atoms with Crippen molar-refractivity contribution in [1.29, 1.82) is 0 Å². The smallest absolute Gasteiger partial charge is 0.182 e. The van der Waals surface area contributed by atoms with Gasteiger partial charge in [-0.05, 0) is 123 Å². The van der Waals surface area contributed by atoms with E-state index in [4.69, 9.17) is 15.9 Å². The van der Waals surface area contributed by atoms with Crippen molar-refractivity contribution < 1.29 is 36.7 Å². The molecule has 1 radical (unpaired) electrons. The molecule has 2 aliphatic carbocycles. The molecule has 0 fully saturated rings. The summed E-state index contributed by atoms with van der Waals surface area (Å²) in [7, 11) is 0. The van der Waals surface area contributed by atoms with Crippen molar-refractivity contribution in [2.24, 2.45) is 0 Å². The molecular weight excluding hydrogens is 827 g/mol. The summed E-state index contributed by atoms with van der Waals surface area (Å²) < 4.78 is 12.6. The van der Waals surface area contributed by atoms with Gasteiger partial charge < -0.3 is 14.5 Å². The standard InChI is InChI=1S/C49H36NO2.Ir.5H2/c1-5-7-9-15-26-51-47-31-41-39-27-33(3)34(4)28-44(39)49(45(41)32-48(47)52-25-14-8-6-2)42-20-11-10-19-38(42)40-30-36(22-23-43(40)49)35-17-16-18-37(29-35)46-21-12-13-24-50-46;;;;;;/h1,10-13,16-17,19-24,27-32H,6,8,14,25H2,2-4H3;;5*1H/q-1;;;;;;. The van der Waals surface area contributed by atoms with E-state index in [0.717, 1.165) is 47.2 Å². The molecule has 1 spiro atoms. The molecule has 269 valence electrons. The first kappa shape index (κ1) is 35.6. The van der Waals surface area contributed by atoms with E-state index in [0.29, 0.717) is 18.1 Å². The van der Waals surface area contributed by atoms with Gasteiger partial charge in [-0.25, -0.2) is 0 Å². The van der Waals surface area contributed by atoms with E-state index < -0.39 is 5.41 Å². The van der Waals surface area contributed by atoms with E-state index in [1.165, 1.54) is 50.1 Å². The Kier molecular flexibility index (Phi) is 10.1. The average Bonchev–Trinajstić information content (AvgIpc) is 3.62. The molecule has 0 aliphatic heterocycles. The van der Waals surface area contributed by atoms with Crippen molar-refractivity contribution >= 4 is 0 Å². The third kappa shape index (κ3) is 6.14. The van der Waals surface area contributed by atoms with Crippen LogP contribution < -0.4 is 9.47 Å². The molecule has 1 aromatic heterocycles. The maximum atomic E-state index is 6.52. The SMILES string of the molecule is C#CC#CC#COc1cc2c(cc1OCCCCC)C1(c3ccccc3-c3cc(-c4cc[c-]c(-c5ccccn5)c4)ccc31)c1cc(C)c(C)cc1-2.[HH].[HH].[HH].[HH].[HH].[Ir]. The zero-order valence-corrected chi connectivity index (χ0v) is 32.3. The Balaban J connectivity index is 0.00000193. The van der Waals surface area contributed by atoms with Gasteiger partial charge in [0.1, 0.15) is 6.11 Å². The number of terminal acetylenes is 1. The molecular formula is C49H46IrNO2-. The number of pyridine rings is 1. The second-order valence-corrected chi connectivity index (χ2v) is 13.4. The minimum Gasteiger partial charge on any atom is -0.490 e. The zero-order chi connectivity index (χ0) is 35.7. The first-order valence-corrected chi connectivity index (χ1v) is 17.8. The van der Waals surface area contributed by atoms with E-state index >= 15 is 0 Å². The van der Waals surface area contributed by atoms with Crippen LogP contribution in [0.4, 0.5) is 0 Å². The zero-order valence-electron chi connectivity index (χ0n) is 29.9. The first-order chi connectivity index (χ1) is 25.5. The van der Waals surface area contributed by atoms with E-state index in [1.54, 1.807) is 0 Å². The first-order valence-electron chi connectivity index (χ1n) is 17.8. The molecule has 0 saturated heterocycles. The molecule has 8 rings (SSSR count). The van der Waals surface area contributed by atoms with Gasteiger partial charge in [-0.15, -0.1) is 41.8 Å². The van der Waals surface area contributed by atoms with Crippen LogP contribution in [0.2, 0.25) is 0 Å². The largest absolute Gasteiger partial charge is 0.490 e. The molecule has 0 amide bonds. The normalized spacial score (nSPS) is 13.8. The van der Waals surface area contributed by atoms with Crippen molar-refractivity contribution in [2.45, 2.75) is 45.4 Å². The fourth-order valence-corrected chi connectivity index (χ4v) is 7.85. The number of hydrogen-bond donors (Lipinski definition) is 0. The molecule has 0 saturated carbocycles. The van der Waals surface area contributed by atoms with Gasteiger partial charge in [0.2, 0.25) is 0 Å². The Labute approximate surface area is 333 Å². The van der Waals surface area contributed by atoms with E-state index in [9.17, 15) is 0 Å². The van der Waals surface area contributed by atoms with Gasteiger partial charge in [-0.3, -0.25) is 0 Å². The molecule has 5 aromatic carbocycles. The molecule has 4 heteroatoms. The summed E-state index contributed by atoms with van der Waals surface area (Å²) in [5.41, 5.74) is 15.8. The molecule has 0 bridgehead atoms. The van der Waals surface area contributed by atoms with Gasteiger partial charge in [0, 0.05) is 45.3 Å². The van der Waals surface area contributed by atoms with Crippen molar-refractivity contribution in [3.63, 3.8) is 0 Å². The van der Waals surface area contributed by atoms with Crippen LogP contribution in [0.5, 0.6) is 11.5 Å². The summed E-state index contributed by atoms with van der Waals surface area (Å²) in [4.78, 5) is 4.57. The summed E-state index contributed by atoms with van der Waals surface area (Å²) >= 11 is 0. The number of fused-ring (bicyclic) bond motifs is 10. The number of rotatable bonds is 8. The molecule has 1 unspecified atom stereocenters. The van der Waals surface area contributed by atoms with Crippen LogP contribution in [0.15, 0.2) is 109 Å². The van der Waals surface area contributed by atoms with Crippen molar-refractivity contribution in [1.82, 2.24) is 4.98 Å². The molecule has 1 heterocycles. The summed E-state index contributed by atoms with van der Waals surface area (Å²) in [5.74, 6) is 11.4. The van der Waals surface area contributed by atoms with Crippen molar-refractivity contribution in [2.75, 3.05) is 6.61 Å². The third-order valence-corrected chi connectivity index (χ3v) is 10.4. The number of ether oxygens (including phenoxy) is 2. The van der Waals surface area contributed by atoms with Gasteiger partial charge in [-0.1, -0.05) is 80.4 Å². The summed E-state index contributed by atoms with van der Waals surface area (Å²) in [6.07, 6.45) is 13.0. The fraction of sp³-hybridized carbons (Fsp3) is 0.163. The predicted molar refractivity (Wildman–Crippen MR) is 220 cm³/mol. The summed E-state index contributed by atoms with van der Waals surface area (Å²) in [6, 6.07) is 40.4. The number of aryl methyl sites for hydroxylation is 2. The minimum atomic E-state index is -0.554. The molecule has 1 atom stereocenters. The number of benzene rings is 5. The second kappa shape index (κ2) is 15.0. The fourth-order valence-electron chi connectivity index (χ4n) is 7.85. The monoisotopic (exact) mass is 873 g/mol. The average molecular weight is 873 g/mol. The van der Waals surface area contributed by atoms with Gasteiger partial charge in [0.05, 0.1) is 12.0 Å². The molecule has 3 nitrogen and oxygen atoms in total. The van der Waals surface area contributed by atoms with Crippen LogP contribution in [0.3, 0.4) is 0 Å². The number of unbranched alkanes of at least 4 members (excludes halogenated alkanes) is 2. The molecule has 2 aliphatic rings. The maximum Gasteiger partial charge on any atom is 0.182 e. The van der Waals surface area contributed by atoms with E-state index in [-0.39, 0.29) is 27.2 Å². The molecule has 0 N–H and O–H groups in total. The summed E-state index contributed by atoms with van der Waals surface area (Å²) in [5, 5.41) is 0. The maximum absolute atomic E-state index is 6.52. The Morgan fingerprint density at radius 3 is 2.30 bits per heavy atom. The third-order valence-electron chi connectivity index (χ3n) is 10.4. The topological polar surface area (TPSA) is 31.4 Å². The van der Waals surface area contributed by atoms with Gasteiger partial charge in [0.15, 0.2) is 11.5 Å². The Hall–Kier alpha value is -5.82. The Bertz CT molecular complexity index is 2570. The van der Waals surface area contributed by atoms with Crippen LogP contribution >= 0.6 is 0 Å². The van der Waals surface area contributed by atoms with Crippen molar-refractivity contribution in [3.05, 3.63) is 149 Å². The number of nitrogens with zero attached hydrogens (tertiary/aromatic N) is 1. The minimum absolute atomic E-state index is 0. The van der Waals surface area contributed by atoms with Gasteiger partial charge in [0.25, 0.3) is 0 Å². The van der Waals surface area contributed by atoms with Gasteiger partial charge >= 0.3 is 0 Å². The van der Waals surface area contributed by atoms with E-state index in [2.05, 4.69) is 140 Å². The predicted octanol–water partition coefficient (Wildman–Crippen LogP) is 11.9. The van der Waals surface area contributed by atoms with Crippen LogP contribution in [-0.4, -0.2) is 11.6 Å². The molecule has 53 heavy (non-hydrogen) atoms. The number of hydrogen-bond acceptors (Lipinski definition) is 3. The van der Waals surface area contributed by atoms with Crippen LogP contribution in [0, 0.1) is 56.1 Å². The molecule has 6 aromatic rings. The number of aromatic nitrogens is 1. The van der Waals surface area contributed by atoms with Gasteiger partial charge in [-0.2, -0.15) is 0 Å². The Morgan fingerprint density at radius 1 is 0.717 bits per heavy atom. The van der Waals surface area contributed by atoms with E-state index in [1.807, 2.05) is 30.5 Å². The van der Waals surface area contributed by atoms with Crippen LogP contribution in [0.1, 0.15) is 66.7 Å². The van der Waals surface area contributed by atoms with Crippen molar-refractivity contribution in [3.8, 4) is 92.3 Å². The summed E-state index contributed by atoms with van der Waals surface area (Å²) in [6.45, 7) is 7.15. The second-order valence-electron chi connectivity index (χ2n) is 13.4.